The maximum Gasteiger partial charge on any atom is 0.408 e. The van der Waals surface area contributed by atoms with E-state index in [1.54, 1.807) is 6.92 Å². The molecule has 2 aromatic carbocycles. The van der Waals surface area contributed by atoms with E-state index in [4.69, 9.17) is 10.5 Å². The van der Waals surface area contributed by atoms with Crippen LogP contribution in [0.25, 0.3) is 10.9 Å². The van der Waals surface area contributed by atoms with Crippen LogP contribution in [0.1, 0.15) is 69.4 Å². The van der Waals surface area contributed by atoms with Gasteiger partial charge in [-0.05, 0) is 112 Å². The normalized spacial score (nSPS) is 24.7. The molecule has 0 spiro atoms. The van der Waals surface area contributed by atoms with Crippen molar-refractivity contribution in [1.29, 1.82) is 0 Å². The van der Waals surface area contributed by atoms with Crippen molar-refractivity contribution in [3.05, 3.63) is 65.9 Å². The minimum atomic E-state index is -1.27. The highest BCUT2D eigenvalue weighted by Crippen LogP contribution is 2.54. The minimum Gasteiger partial charge on any atom is -0.446 e. The molecule has 2 atom stereocenters. The van der Waals surface area contributed by atoms with Crippen LogP contribution in [0.2, 0.25) is 0 Å². The number of alkyl carbamates (subject to hydrolysis) is 1. The number of hydrogen-bond donors (Lipinski definition) is 6. The van der Waals surface area contributed by atoms with Gasteiger partial charge in [0.1, 0.15) is 11.6 Å². The molecule has 4 aliphatic rings. The number of unbranched alkanes of at least 4 members (excludes halogenated alkanes) is 1. The van der Waals surface area contributed by atoms with Crippen LogP contribution in [0.5, 0.6) is 0 Å². The number of amides is 4. The maximum atomic E-state index is 14.0. The summed E-state index contributed by atoms with van der Waals surface area (Å²) in [5.74, 6) is 2.11. The summed E-state index contributed by atoms with van der Waals surface area (Å²) < 4.78 is 6.16. The summed E-state index contributed by atoms with van der Waals surface area (Å²) >= 11 is 0. The Kier molecular flexibility index (Phi) is 10.1. The number of carbonyl (C=O) groups is 3. The number of anilines is 1. The number of urea groups is 1. The van der Waals surface area contributed by atoms with Gasteiger partial charge in [0.2, 0.25) is 5.91 Å². The van der Waals surface area contributed by atoms with E-state index in [0.717, 1.165) is 78.1 Å². The van der Waals surface area contributed by atoms with E-state index in [9.17, 15) is 14.4 Å². The standard InChI is InChI=1S/C37H50N6O4/c1-23-9-3-5-12-31(23)42-35(45)39-14-8-7-10-29(21-38)41-34(44)37(2,20-28-22-40-32-13-6-4-11-30(28)32)43-36(46)47-33-26-16-24-15-25(18-26)19-27(33)17-24/h3-6,9,11-13,22,24-27,29,33,40H,7-8,10,14-21,38H2,1-2H3,(H,41,44)(H,43,46)(H2,39,42,45)/t24?,25?,26?,27?,29-,33?,37+/m0/s1. The summed E-state index contributed by atoms with van der Waals surface area (Å²) in [6.45, 7) is 4.48. The number of rotatable bonds is 13. The van der Waals surface area contributed by atoms with E-state index in [2.05, 4.69) is 26.3 Å². The Hall–Kier alpha value is -4.05. The molecule has 0 radical (unpaired) electrons. The molecule has 10 nitrogen and oxygen atoms in total. The van der Waals surface area contributed by atoms with Crippen molar-refractivity contribution in [1.82, 2.24) is 20.9 Å². The van der Waals surface area contributed by atoms with Gasteiger partial charge < -0.3 is 36.7 Å². The SMILES string of the molecule is Cc1ccccc1NC(=O)NCCCC[C@@H](CN)NC(=O)[C@@](C)(Cc1c[nH]c2ccccc12)NC(=O)OC1C2CC3CC(C2)CC1C3. The molecule has 1 heterocycles. The Bertz CT molecular complexity index is 1540. The third-order valence-electron chi connectivity index (χ3n) is 10.8. The Morgan fingerprint density at radius 2 is 1.68 bits per heavy atom. The number of nitrogens with one attached hydrogen (secondary N) is 5. The quantitative estimate of drug-likeness (QED) is 0.131. The molecule has 7 N–H and O–H groups in total. The van der Waals surface area contributed by atoms with Crippen LogP contribution in [0.15, 0.2) is 54.7 Å². The third-order valence-corrected chi connectivity index (χ3v) is 10.8. The zero-order valence-electron chi connectivity index (χ0n) is 27.6. The molecule has 1 aromatic heterocycles. The number of benzene rings is 2. The first-order chi connectivity index (χ1) is 22.7. The Balaban J connectivity index is 1.05. The first-order valence-electron chi connectivity index (χ1n) is 17.4. The number of fused-ring (bicyclic) bond motifs is 1. The van der Waals surface area contributed by atoms with Gasteiger partial charge in [0.25, 0.3) is 0 Å². The van der Waals surface area contributed by atoms with Crippen molar-refractivity contribution in [3.8, 4) is 0 Å². The lowest BCUT2D eigenvalue weighted by Crippen LogP contribution is -2.61. The number of aromatic nitrogens is 1. The van der Waals surface area contributed by atoms with Crippen LogP contribution >= 0.6 is 0 Å². The van der Waals surface area contributed by atoms with Crippen molar-refractivity contribution in [3.63, 3.8) is 0 Å². The van der Waals surface area contributed by atoms with Gasteiger partial charge in [-0.25, -0.2) is 9.59 Å². The van der Waals surface area contributed by atoms with Gasteiger partial charge in [-0.2, -0.15) is 0 Å². The molecule has 7 rings (SSSR count). The lowest BCUT2D eigenvalue weighted by Gasteiger charge is -2.53. The molecule has 47 heavy (non-hydrogen) atoms. The van der Waals surface area contributed by atoms with Gasteiger partial charge in [-0.1, -0.05) is 36.4 Å². The fourth-order valence-electron chi connectivity index (χ4n) is 8.48. The first-order valence-corrected chi connectivity index (χ1v) is 17.4. The predicted octanol–water partition coefficient (Wildman–Crippen LogP) is 5.76. The molecule has 252 valence electrons. The Morgan fingerprint density at radius 1 is 0.979 bits per heavy atom. The highest BCUT2D eigenvalue weighted by Gasteiger charge is 2.50. The zero-order valence-corrected chi connectivity index (χ0v) is 27.6. The van der Waals surface area contributed by atoms with Crippen molar-refractivity contribution in [2.45, 2.75) is 89.3 Å². The fraction of sp³-hybridized carbons (Fsp3) is 0.541. The molecule has 0 aliphatic heterocycles. The van der Waals surface area contributed by atoms with Crippen LogP contribution in [-0.2, 0) is 16.0 Å². The number of ether oxygens (including phenoxy) is 1. The van der Waals surface area contributed by atoms with Gasteiger partial charge in [0.05, 0.1) is 0 Å². The molecule has 3 aromatic rings. The third kappa shape index (κ3) is 7.75. The summed E-state index contributed by atoms with van der Waals surface area (Å²) in [5, 5.41) is 12.9. The second kappa shape index (κ2) is 14.4. The molecule has 10 heteroatoms. The number of para-hydroxylation sites is 2. The van der Waals surface area contributed by atoms with Crippen LogP contribution < -0.4 is 27.0 Å². The van der Waals surface area contributed by atoms with Crippen LogP contribution in [-0.4, -0.2) is 53.8 Å². The van der Waals surface area contributed by atoms with E-state index < -0.39 is 11.6 Å². The number of carbonyl (C=O) groups excluding carboxylic acids is 3. The number of H-pyrrole nitrogens is 1. The van der Waals surface area contributed by atoms with Crippen LogP contribution in [0.4, 0.5) is 15.3 Å². The summed E-state index contributed by atoms with van der Waals surface area (Å²) in [7, 11) is 0. The molecule has 4 fully saturated rings. The maximum absolute atomic E-state index is 14.0. The lowest BCUT2D eigenvalue weighted by molar-refractivity contribution is -0.128. The highest BCUT2D eigenvalue weighted by molar-refractivity contribution is 5.92. The number of aryl methyl sites for hydroxylation is 1. The molecule has 0 saturated heterocycles. The monoisotopic (exact) mass is 642 g/mol. The van der Waals surface area contributed by atoms with Gasteiger partial charge in [0.15, 0.2) is 0 Å². The molecule has 4 amide bonds. The number of nitrogens with two attached hydrogens (primary N) is 1. The van der Waals surface area contributed by atoms with E-state index >= 15 is 0 Å². The predicted molar refractivity (Wildman–Crippen MR) is 184 cm³/mol. The minimum absolute atomic E-state index is 0.0765. The van der Waals surface area contributed by atoms with Crippen molar-refractivity contribution in [2.75, 3.05) is 18.4 Å². The van der Waals surface area contributed by atoms with Crippen LogP contribution in [0, 0.1) is 30.6 Å². The van der Waals surface area contributed by atoms with Crippen molar-refractivity contribution >= 4 is 34.6 Å². The topological polar surface area (TPSA) is 150 Å². The second-order valence-electron chi connectivity index (χ2n) is 14.4. The summed E-state index contributed by atoms with van der Waals surface area (Å²) in [5.41, 5.74) is 8.54. The van der Waals surface area contributed by atoms with Gasteiger partial charge >= 0.3 is 12.1 Å². The summed E-state index contributed by atoms with van der Waals surface area (Å²) in [6, 6.07) is 15.1. The summed E-state index contributed by atoms with van der Waals surface area (Å²) in [4.78, 5) is 43.2. The smallest absolute Gasteiger partial charge is 0.408 e. The molecule has 0 unspecified atom stereocenters. The zero-order chi connectivity index (χ0) is 33.0. The Labute approximate surface area is 277 Å². The average molecular weight is 643 g/mol. The molecule has 4 aliphatic carbocycles. The average Bonchev–Trinajstić information content (AvgIpc) is 3.44. The number of aromatic amines is 1. The molecule has 4 saturated carbocycles. The van der Waals surface area contributed by atoms with Crippen molar-refractivity contribution in [2.24, 2.45) is 29.4 Å². The molecule has 4 bridgehead atoms. The van der Waals surface area contributed by atoms with E-state index in [1.807, 2.05) is 61.7 Å². The van der Waals surface area contributed by atoms with Gasteiger partial charge in [0, 0.05) is 48.3 Å². The lowest BCUT2D eigenvalue weighted by atomic mass is 9.55. The van der Waals surface area contributed by atoms with Crippen LogP contribution in [0.3, 0.4) is 0 Å². The number of hydrogen-bond acceptors (Lipinski definition) is 5. The van der Waals surface area contributed by atoms with E-state index in [0.29, 0.717) is 24.8 Å². The highest BCUT2D eigenvalue weighted by atomic mass is 16.6. The largest absolute Gasteiger partial charge is 0.446 e. The van der Waals surface area contributed by atoms with Gasteiger partial charge in [-0.3, -0.25) is 4.79 Å². The first kappa shape index (κ1) is 32.9. The fourth-order valence-corrected chi connectivity index (χ4v) is 8.48. The van der Waals surface area contributed by atoms with Crippen molar-refractivity contribution < 1.29 is 19.1 Å². The second-order valence-corrected chi connectivity index (χ2v) is 14.4. The van der Waals surface area contributed by atoms with E-state index in [1.165, 1.54) is 6.42 Å². The summed E-state index contributed by atoms with van der Waals surface area (Å²) in [6.07, 6.45) is 9.62. The molecular formula is C37H50N6O4. The van der Waals surface area contributed by atoms with Gasteiger partial charge in [-0.15, -0.1) is 0 Å². The molecular weight excluding hydrogens is 592 g/mol. The van der Waals surface area contributed by atoms with E-state index in [-0.39, 0.29) is 37.0 Å². The Morgan fingerprint density at radius 3 is 2.40 bits per heavy atom.